The van der Waals surface area contributed by atoms with Gasteiger partial charge in [-0.25, -0.2) is 0 Å². The Labute approximate surface area is 152 Å². The number of ether oxygens (including phenoxy) is 1. The summed E-state index contributed by atoms with van der Waals surface area (Å²) in [5.74, 6) is -0.0555. The molecule has 0 saturated carbocycles. The fourth-order valence-electron chi connectivity index (χ4n) is 2.95. The quantitative estimate of drug-likeness (QED) is 0.803. The molecule has 0 aliphatic carbocycles. The number of nitrogens with two attached hydrogens (primary N) is 1. The molecule has 0 atom stereocenters. The molecule has 1 amide bonds. The second-order valence-corrected chi connectivity index (χ2v) is 6.39. The molecule has 25 heavy (non-hydrogen) atoms. The van der Waals surface area contributed by atoms with Crippen LogP contribution in [0.25, 0.3) is 0 Å². The maximum Gasteiger partial charge on any atom is 0.224 e. The van der Waals surface area contributed by atoms with E-state index in [0.717, 1.165) is 30.0 Å². The summed E-state index contributed by atoms with van der Waals surface area (Å²) >= 11 is 6.39. The van der Waals surface area contributed by atoms with Crippen LogP contribution >= 0.6 is 11.6 Å². The molecule has 0 radical (unpaired) electrons. The van der Waals surface area contributed by atoms with Crippen LogP contribution in [0.15, 0.2) is 42.5 Å². The first kappa shape index (κ1) is 17.6. The van der Waals surface area contributed by atoms with Crippen LogP contribution in [0.4, 0.5) is 17.1 Å². The number of hydrogen-bond acceptors (Lipinski definition) is 4. The number of carbonyl (C=O) groups is 1. The van der Waals surface area contributed by atoms with Gasteiger partial charge in [-0.1, -0.05) is 35.9 Å². The maximum absolute atomic E-state index is 12.4. The number of morpholine rings is 1. The molecule has 0 bridgehead atoms. The third-order valence-corrected chi connectivity index (χ3v) is 4.57. The molecule has 2 aromatic carbocycles. The van der Waals surface area contributed by atoms with Crippen LogP contribution in [0.5, 0.6) is 0 Å². The van der Waals surface area contributed by atoms with Gasteiger partial charge in [0, 0.05) is 25.2 Å². The van der Waals surface area contributed by atoms with Crippen LogP contribution in [0.1, 0.15) is 12.0 Å². The van der Waals surface area contributed by atoms with E-state index in [1.54, 1.807) is 0 Å². The van der Waals surface area contributed by atoms with Crippen LogP contribution < -0.4 is 16.0 Å². The van der Waals surface area contributed by atoms with Crippen LogP contribution in [0.2, 0.25) is 5.02 Å². The Balaban J connectivity index is 1.68. The molecule has 0 spiro atoms. The summed E-state index contributed by atoms with van der Waals surface area (Å²) in [5.41, 5.74) is 9.23. The van der Waals surface area contributed by atoms with E-state index in [1.807, 2.05) is 42.5 Å². The predicted octanol–water partition coefficient (Wildman–Crippen LogP) is 3.33. The smallest absolute Gasteiger partial charge is 0.224 e. The number of benzene rings is 2. The van der Waals surface area contributed by atoms with E-state index < -0.39 is 0 Å². The molecule has 0 aromatic heterocycles. The summed E-state index contributed by atoms with van der Waals surface area (Å²) in [6.07, 6.45) is 0.967. The van der Waals surface area contributed by atoms with E-state index >= 15 is 0 Å². The number of nitrogens with zero attached hydrogens (tertiary/aromatic N) is 1. The van der Waals surface area contributed by atoms with Crippen LogP contribution in [-0.2, 0) is 16.0 Å². The highest BCUT2D eigenvalue weighted by atomic mass is 35.5. The van der Waals surface area contributed by atoms with Gasteiger partial charge in [-0.2, -0.15) is 0 Å². The van der Waals surface area contributed by atoms with Crippen molar-refractivity contribution in [3.8, 4) is 0 Å². The van der Waals surface area contributed by atoms with Gasteiger partial charge in [0.1, 0.15) is 0 Å². The zero-order valence-electron chi connectivity index (χ0n) is 14.0. The third-order valence-electron chi connectivity index (χ3n) is 4.26. The lowest BCUT2D eigenvalue weighted by atomic mass is 10.1. The monoisotopic (exact) mass is 359 g/mol. The highest BCUT2D eigenvalue weighted by Gasteiger charge is 2.19. The fourth-order valence-corrected chi connectivity index (χ4v) is 3.24. The number of nitrogens with one attached hydrogen (secondary N) is 1. The highest BCUT2D eigenvalue weighted by Crippen LogP contribution is 2.34. The molecule has 1 aliphatic rings. The van der Waals surface area contributed by atoms with Crippen molar-refractivity contribution in [1.82, 2.24) is 0 Å². The van der Waals surface area contributed by atoms with Crippen molar-refractivity contribution in [3.63, 3.8) is 0 Å². The van der Waals surface area contributed by atoms with E-state index in [1.165, 1.54) is 0 Å². The van der Waals surface area contributed by atoms with Gasteiger partial charge in [-0.05, 0) is 30.2 Å². The van der Waals surface area contributed by atoms with Crippen LogP contribution in [0.3, 0.4) is 0 Å². The Kier molecular flexibility index (Phi) is 5.79. The number of amides is 1. The van der Waals surface area contributed by atoms with Crippen molar-refractivity contribution in [3.05, 3.63) is 53.1 Å². The van der Waals surface area contributed by atoms with E-state index in [4.69, 9.17) is 22.1 Å². The Morgan fingerprint density at radius 2 is 1.92 bits per heavy atom. The largest absolute Gasteiger partial charge is 0.399 e. The van der Waals surface area contributed by atoms with Crippen molar-refractivity contribution in [1.29, 1.82) is 0 Å². The van der Waals surface area contributed by atoms with Crippen LogP contribution in [-0.4, -0.2) is 32.2 Å². The average molecular weight is 360 g/mol. The zero-order valence-corrected chi connectivity index (χ0v) is 14.8. The Bertz CT molecular complexity index is 745. The molecule has 2 aromatic rings. The number of aryl methyl sites for hydroxylation is 1. The lowest BCUT2D eigenvalue weighted by Gasteiger charge is -2.31. The minimum absolute atomic E-state index is 0.0555. The van der Waals surface area contributed by atoms with Gasteiger partial charge in [0.05, 0.1) is 29.6 Å². The van der Waals surface area contributed by atoms with Gasteiger partial charge in [-0.15, -0.1) is 0 Å². The lowest BCUT2D eigenvalue weighted by Crippen LogP contribution is -2.37. The molecule has 1 saturated heterocycles. The standard InChI is InChI=1S/C19H22ClN3O2/c20-15-5-3-7-17(19(15)23-10-12-25-13-11-23)22-18(24)9-8-14-4-1-2-6-16(14)21/h1-7H,8-13,21H2,(H,22,24). The maximum atomic E-state index is 12.4. The normalized spacial score (nSPS) is 14.4. The molecule has 1 fully saturated rings. The minimum Gasteiger partial charge on any atom is -0.399 e. The van der Waals surface area contributed by atoms with Crippen molar-refractivity contribution in [2.75, 3.05) is 42.3 Å². The molecular formula is C19H22ClN3O2. The Morgan fingerprint density at radius 3 is 2.68 bits per heavy atom. The lowest BCUT2D eigenvalue weighted by molar-refractivity contribution is -0.116. The zero-order chi connectivity index (χ0) is 17.6. The van der Waals surface area contributed by atoms with Crippen molar-refractivity contribution in [2.24, 2.45) is 0 Å². The van der Waals surface area contributed by atoms with Crippen molar-refractivity contribution in [2.45, 2.75) is 12.8 Å². The third kappa shape index (κ3) is 4.44. The number of anilines is 3. The van der Waals surface area contributed by atoms with E-state index in [-0.39, 0.29) is 5.91 Å². The number of para-hydroxylation sites is 2. The second-order valence-electron chi connectivity index (χ2n) is 5.98. The molecule has 5 nitrogen and oxygen atoms in total. The average Bonchev–Trinajstić information content (AvgIpc) is 2.62. The molecule has 1 aliphatic heterocycles. The first-order chi connectivity index (χ1) is 12.1. The fraction of sp³-hybridized carbons (Fsp3) is 0.316. The van der Waals surface area contributed by atoms with Gasteiger partial charge in [0.2, 0.25) is 5.91 Å². The minimum atomic E-state index is -0.0555. The molecular weight excluding hydrogens is 338 g/mol. The van der Waals surface area contributed by atoms with E-state index in [0.29, 0.717) is 36.8 Å². The summed E-state index contributed by atoms with van der Waals surface area (Å²) in [6.45, 7) is 2.83. The van der Waals surface area contributed by atoms with Gasteiger partial charge < -0.3 is 20.7 Å². The molecule has 3 N–H and O–H groups in total. The number of rotatable bonds is 5. The number of halogens is 1. The summed E-state index contributed by atoms with van der Waals surface area (Å²) in [4.78, 5) is 14.6. The van der Waals surface area contributed by atoms with E-state index in [2.05, 4.69) is 10.2 Å². The van der Waals surface area contributed by atoms with Crippen molar-refractivity contribution >= 4 is 34.6 Å². The first-order valence-corrected chi connectivity index (χ1v) is 8.77. The topological polar surface area (TPSA) is 67.6 Å². The van der Waals surface area contributed by atoms with Gasteiger partial charge in [0.15, 0.2) is 0 Å². The first-order valence-electron chi connectivity index (χ1n) is 8.39. The molecule has 0 unspecified atom stereocenters. The highest BCUT2D eigenvalue weighted by molar-refractivity contribution is 6.34. The number of hydrogen-bond donors (Lipinski definition) is 2. The Hall–Kier alpha value is -2.24. The number of carbonyl (C=O) groups excluding carboxylic acids is 1. The second kappa shape index (κ2) is 8.23. The van der Waals surface area contributed by atoms with Crippen LogP contribution in [0, 0.1) is 0 Å². The van der Waals surface area contributed by atoms with Gasteiger partial charge >= 0.3 is 0 Å². The summed E-state index contributed by atoms with van der Waals surface area (Å²) in [6, 6.07) is 13.2. The van der Waals surface area contributed by atoms with Crippen molar-refractivity contribution < 1.29 is 9.53 Å². The van der Waals surface area contributed by atoms with Gasteiger partial charge in [-0.3, -0.25) is 4.79 Å². The summed E-state index contributed by atoms with van der Waals surface area (Å²) < 4.78 is 5.40. The number of nitrogen functional groups attached to an aromatic ring is 1. The molecule has 1 heterocycles. The predicted molar refractivity (Wildman–Crippen MR) is 102 cm³/mol. The molecule has 3 rings (SSSR count). The SMILES string of the molecule is Nc1ccccc1CCC(=O)Nc1cccc(Cl)c1N1CCOCC1. The van der Waals surface area contributed by atoms with Gasteiger partial charge in [0.25, 0.3) is 0 Å². The summed E-state index contributed by atoms with van der Waals surface area (Å²) in [5, 5.41) is 3.62. The summed E-state index contributed by atoms with van der Waals surface area (Å²) in [7, 11) is 0. The molecule has 6 heteroatoms. The molecule has 132 valence electrons. The van der Waals surface area contributed by atoms with E-state index in [9.17, 15) is 4.79 Å². The Morgan fingerprint density at radius 1 is 1.16 bits per heavy atom.